The van der Waals surface area contributed by atoms with Crippen LogP contribution in [-0.2, 0) is 4.79 Å². The minimum Gasteiger partial charge on any atom is -0.480 e. The van der Waals surface area contributed by atoms with E-state index in [-0.39, 0.29) is 12.8 Å². The minimum atomic E-state index is -3.05. The van der Waals surface area contributed by atoms with E-state index in [0.717, 1.165) is 0 Å². The molecule has 0 aromatic rings. The average molecular weight is 221 g/mol. The predicted molar refractivity (Wildman–Crippen MR) is 42.7 cm³/mol. The standard InChI is InChI=1S/C8H9F2NO4/c9-8(10)3-1-2-4(6(12)13)11(5(3)8)7(14)15/h3-5H,1-2H2,(H,12,13)(H,14,15). The van der Waals surface area contributed by atoms with Gasteiger partial charge < -0.3 is 10.2 Å². The molecule has 0 radical (unpaired) electrons. The number of carbonyl (C=O) groups is 2. The number of fused-ring (bicyclic) bond motifs is 1. The Hall–Kier alpha value is -1.40. The summed E-state index contributed by atoms with van der Waals surface area (Å²) in [7, 11) is 0. The number of likely N-dealkylation sites (tertiary alicyclic amines) is 1. The summed E-state index contributed by atoms with van der Waals surface area (Å²) in [6.07, 6.45) is -1.56. The van der Waals surface area contributed by atoms with E-state index < -0.39 is 36.0 Å². The van der Waals surface area contributed by atoms with Gasteiger partial charge >= 0.3 is 12.1 Å². The summed E-state index contributed by atoms with van der Waals surface area (Å²) in [5, 5.41) is 17.4. The molecule has 2 rings (SSSR count). The van der Waals surface area contributed by atoms with Gasteiger partial charge in [-0.2, -0.15) is 0 Å². The Morgan fingerprint density at radius 1 is 1.27 bits per heavy atom. The maximum absolute atomic E-state index is 13.1. The molecule has 7 heteroatoms. The molecule has 1 heterocycles. The zero-order valence-corrected chi connectivity index (χ0v) is 7.56. The monoisotopic (exact) mass is 221 g/mol. The highest BCUT2D eigenvalue weighted by molar-refractivity contribution is 5.80. The lowest BCUT2D eigenvalue weighted by Gasteiger charge is -2.29. The van der Waals surface area contributed by atoms with E-state index in [2.05, 4.69) is 0 Å². The highest BCUT2D eigenvalue weighted by Crippen LogP contribution is 2.58. The first-order valence-corrected chi connectivity index (χ1v) is 4.49. The Morgan fingerprint density at radius 2 is 1.87 bits per heavy atom. The topological polar surface area (TPSA) is 77.8 Å². The number of hydrogen-bond donors (Lipinski definition) is 2. The Balaban J connectivity index is 2.25. The molecule has 1 aliphatic heterocycles. The van der Waals surface area contributed by atoms with Gasteiger partial charge in [0.25, 0.3) is 5.92 Å². The smallest absolute Gasteiger partial charge is 0.408 e. The van der Waals surface area contributed by atoms with Crippen LogP contribution in [0.15, 0.2) is 0 Å². The molecule has 15 heavy (non-hydrogen) atoms. The molecule has 3 atom stereocenters. The lowest BCUT2D eigenvalue weighted by atomic mass is 10.0. The van der Waals surface area contributed by atoms with Crippen molar-refractivity contribution in [1.82, 2.24) is 4.90 Å². The fourth-order valence-corrected chi connectivity index (χ4v) is 2.27. The van der Waals surface area contributed by atoms with Gasteiger partial charge in [0, 0.05) is 0 Å². The summed E-state index contributed by atoms with van der Waals surface area (Å²) in [4.78, 5) is 21.8. The largest absolute Gasteiger partial charge is 0.480 e. The van der Waals surface area contributed by atoms with Crippen molar-refractivity contribution in [3.8, 4) is 0 Å². The van der Waals surface area contributed by atoms with E-state index >= 15 is 0 Å². The molecule has 0 aromatic carbocycles. The van der Waals surface area contributed by atoms with Crippen LogP contribution in [-0.4, -0.2) is 45.2 Å². The second kappa shape index (κ2) is 2.80. The van der Waals surface area contributed by atoms with Gasteiger partial charge in [-0.3, -0.25) is 4.90 Å². The SMILES string of the molecule is O=C(O)C1CCC2C(N1C(=O)O)C2(F)F. The van der Waals surface area contributed by atoms with Gasteiger partial charge in [-0.1, -0.05) is 0 Å². The van der Waals surface area contributed by atoms with E-state index in [1.165, 1.54) is 0 Å². The molecule has 2 fully saturated rings. The van der Waals surface area contributed by atoms with Crippen LogP contribution in [0.25, 0.3) is 0 Å². The second-order valence-corrected chi connectivity index (χ2v) is 3.85. The van der Waals surface area contributed by atoms with Crippen LogP contribution in [0.1, 0.15) is 12.8 Å². The lowest BCUT2D eigenvalue weighted by molar-refractivity contribution is -0.144. The molecule has 1 saturated carbocycles. The van der Waals surface area contributed by atoms with Crippen molar-refractivity contribution < 1.29 is 28.6 Å². The van der Waals surface area contributed by atoms with Gasteiger partial charge in [-0.15, -0.1) is 0 Å². The number of hydrogen-bond acceptors (Lipinski definition) is 2. The van der Waals surface area contributed by atoms with Crippen molar-refractivity contribution in [2.24, 2.45) is 5.92 Å². The number of rotatable bonds is 1. The average Bonchev–Trinajstić information content (AvgIpc) is 2.68. The number of halogens is 2. The normalized spacial score (nSPS) is 36.9. The number of carboxylic acid groups (broad SMARTS) is 2. The van der Waals surface area contributed by atoms with Gasteiger partial charge in [-0.25, -0.2) is 18.4 Å². The van der Waals surface area contributed by atoms with Crippen LogP contribution in [0.2, 0.25) is 0 Å². The molecule has 0 spiro atoms. The molecule has 3 unspecified atom stereocenters. The van der Waals surface area contributed by atoms with E-state index in [9.17, 15) is 18.4 Å². The molecule has 1 amide bonds. The molecule has 0 bridgehead atoms. The molecular weight excluding hydrogens is 212 g/mol. The van der Waals surface area contributed by atoms with Crippen LogP contribution < -0.4 is 0 Å². The highest BCUT2D eigenvalue weighted by atomic mass is 19.3. The summed E-state index contributed by atoms with van der Waals surface area (Å²) < 4.78 is 26.1. The Morgan fingerprint density at radius 3 is 2.33 bits per heavy atom. The molecule has 84 valence electrons. The summed E-state index contributed by atoms with van der Waals surface area (Å²) in [5.74, 6) is -5.41. The molecule has 2 N–H and O–H groups in total. The maximum atomic E-state index is 13.1. The molecule has 2 aliphatic rings. The quantitative estimate of drug-likeness (QED) is 0.688. The van der Waals surface area contributed by atoms with Crippen LogP contribution in [0.3, 0.4) is 0 Å². The number of piperidine rings is 1. The van der Waals surface area contributed by atoms with Gasteiger partial charge in [0.1, 0.15) is 12.1 Å². The molecular formula is C8H9F2NO4. The zero-order chi connectivity index (χ0) is 11.4. The van der Waals surface area contributed by atoms with Crippen LogP contribution in [0.5, 0.6) is 0 Å². The van der Waals surface area contributed by atoms with Crippen molar-refractivity contribution in [1.29, 1.82) is 0 Å². The minimum absolute atomic E-state index is 0.0433. The zero-order valence-electron chi connectivity index (χ0n) is 7.56. The van der Waals surface area contributed by atoms with E-state index in [1.54, 1.807) is 0 Å². The first kappa shape index (κ1) is 10.1. The van der Waals surface area contributed by atoms with Gasteiger partial charge in [0.2, 0.25) is 0 Å². The van der Waals surface area contributed by atoms with E-state index in [1.807, 2.05) is 0 Å². The van der Waals surface area contributed by atoms with Crippen LogP contribution in [0, 0.1) is 5.92 Å². The third kappa shape index (κ3) is 1.25. The van der Waals surface area contributed by atoms with Gasteiger partial charge in [-0.05, 0) is 12.8 Å². The van der Waals surface area contributed by atoms with Crippen molar-refractivity contribution in [3.05, 3.63) is 0 Å². The fourth-order valence-electron chi connectivity index (χ4n) is 2.27. The highest BCUT2D eigenvalue weighted by Gasteiger charge is 2.74. The summed E-state index contributed by atoms with van der Waals surface area (Å²) in [6, 6.07) is -2.78. The number of carboxylic acids is 1. The Bertz CT molecular complexity index is 333. The van der Waals surface area contributed by atoms with Crippen molar-refractivity contribution in [2.75, 3.05) is 0 Å². The summed E-state index contributed by atoms with van der Waals surface area (Å²) in [5.41, 5.74) is 0. The van der Waals surface area contributed by atoms with E-state index in [4.69, 9.17) is 10.2 Å². The first-order valence-electron chi connectivity index (χ1n) is 4.49. The Kier molecular flexibility index (Phi) is 1.89. The van der Waals surface area contributed by atoms with Gasteiger partial charge in [0.15, 0.2) is 0 Å². The van der Waals surface area contributed by atoms with Crippen molar-refractivity contribution >= 4 is 12.1 Å². The number of aliphatic carboxylic acids is 1. The van der Waals surface area contributed by atoms with E-state index in [0.29, 0.717) is 4.90 Å². The third-order valence-corrected chi connectivity index (χ3v) is 3.05. The van der Waals surface area contributed by atoms with Crippen molar-refractivity contribution in [2.45, 2.75) is 30.8 Å². The Labute approximate surface area is 83.3 Å². The number of nitrogens with zero attached hydrogens (tertiary/aromatic N) is 1. The summed E-state index contributed by atoms with van der Waals surface area (Å²) >= 11 is 0. The molecule has 0 aromatic heterocycles. The predicted octanol–water partition coefficient (Wildman–Crippen LogP) is 0.847. The van der Waals surface area contributed by atoms with Gasteiger partial charge in [0.05, 0.1) is 5.92 Å². The third-order valence-electron chi connectivity index (χ3n) is 3.05. The van der Waals surface area contributed by atoms with Crippen LogP contribution in [0.4, 0.5) is 13.6 Å². The number of amides is 1. The fraction of sp³-hybridized carbons (Fsp3) is 0.750. The second-order valence-electron chi connectivity index (χ2n) is 3.85. The first-order chi connectivity index (χ1) is 6.87. The maximum Gasteiger partial charge on any atom is 0.408 e. The molecule has 1 aliphatic carbocycles. The molecule has 5 nitrogen and oxygen atoms in total. The summed E-state index contributed by atoms with van der Waals surface area (Å²) in [6.45, 7) is 0. The number of alkyl halides is 2. The lowest BCUT2D eigenvalue weighted by Crippen LogP contribution is -2.49. The molecule has 1 saturated heterocycles. The van der Waals surface area contributed by atoms with Crippen molar-refractivity contribution in [3.63, 3.8) is 0 Å². The van der Waals surface area contributed by atoms with Crippen LogP contribution >= 0.6 is 0 Å².